The minimum absolute atomic E-state index is 0.0642. The molecule has 0 bridgehead atoms. The first-order valence-electron chi connectivity index (χ1n) is 7.38. The van der Waals surface area contributed by atoms with Crippen molar-refractivity contribution in [2.75, 3.05) is 32.1 Å². The molecule has 0 radical (unpaired) electrons. The number of carbonyl (C=O) groups excluding carboxylic acids is 1. The van der Waals surface area contributed by atoms with Gasteiger partial charge >= 0.3 is 0 Å². The van der Waals surface area contributed by atoms with E-state index in [1.54, 1.807) is 4.68 Å². The Morgan fingerprint density at radius 3 is 2.65 bits per heavy atom. The van der Waals surface area contributed by atoms with Crippen LogP contribution in [0.25, 0.3) is 5.82 Å². The topological polar surface area (TPSA) is 94.0 Å². The number of rotatable bonds is 7. The summed E-state index contributed by atoms with van der Waals surface area (Å²) >= 11 is 0. The zero-order valence-corrected chi connectivity index (χ0v) is 13.9. The Morgan fingerprint density at radius 2 is 2.00 bits per heavy atom. The fraction of sp³-hybridized carbons (Fsp3) is 0.467. The van der Waals surface area contributed by atoms with E-state index in [0.29, 0.717) is 30.5 Å². The van der Waals surface area contributed by atoms with E-state index in [1.807, 2.05) is 32.9 Å². The normalized spacial score (nSPS) is 10.6. The largest absolute Gasteiger partial charge is 0.375 e. The zero-order valence-electron chi connectivity index (χ0n) is 13.9. The van der Waals surface area contributed by atoms with Crippen molar-refractivity contribution >= 4 is 11.7 Å². The molecule has 0 unspecified atom stereocenters. The maximum atomic E-state index is 11.3. The van der Waals surface area contributed by atoms with Gasteiger partial charge in [0.25, 0.3) is 0 Å². The first kappa shape index (κ1) is 16.9. The van der Waals surface area contributed by atoms with Crippen LogP contribution in [0.4, 0.5) is 5.82 Å². The van der Waals surface area contributed by atoms with Crippen LogP contribution >= 0.6 is 0 Å². The van der Waals surface area contributed by atoms with Crippen LogP contribution in [0.15, 0.2) is 12.1 Å². The Morgan fingerprint density at radius 1 is 1.22 bits per heavy atom. The van der Waals surface area contributed by atoms with Crippen LogP contribution in [0.3, 0.4) is 0 Å². The number of aromatic nitrogens is 4. The molecule has 0 spiro atoms. The molecule has 0 fully saturated rings. The number of hydrogen-bond acceptors (Lipinski definition) is 6. The number of aryl methyl sites for hydroxylation is 3. The Bertz CT molecular complexity index is 683. The third-order valence-corrected chi connectivity index (χ3v) is 3.08. The van der Waals surface area contributed by atoms with E-state index in [4.69, 9.17) is 4.74 Å². The van der Waals surface area contributed by atoms with Gasteiger partial charge < -0.3 is 15.4 Å². The first-order chi connectivity index (χ1) is 11.0. The number of carbonyl (C=O) groups is 1. The van der Waals surface area contributed by atoms with E-state index in [0.717, 1.165) is 11.4 Å². The van der Waals surface area contributed by atoms with E-state index in [9.17, 15) is 4.79 Å². The minimum atomic E-state index is -0.142. The smallest absolute Gasteiger partial charge is 0.246 e. The Labute approximate surface area is 135 Å². The Balaban J connectivity index is 2.01. The van der Waals surface area contributed by atoms with Crippen molar-refractivity contribution in [3.8, 4) is 5.82 Å². The second-order valence-electron chi connectivity index (χ2n) is 5.21. The van der Waals surface area contributed by atoms with Gasteiger partial charge in [0, 0.05) is 32.0 Å². The van der Waals surface area contributed by atoms with Gasteiger partial charge in [-0.15, -0.1) is 0 Å². The molecule has 2 heterocycles. The summed E-state index contributed by atoms with van der Waals surface area (Å²) in [5, 5.41) is 10.3. The Kier molecular flexibility index (Phi) is 5.64. The fourth-order valence-corrected chi connectivity index (χ4v) is 2.19. The molecule has 2 rings (SSSR count). The van der Waals surface area contributed by atoms with Gasteiger partial charge in [0.2, 0.25) is 5.91 Å². The van der Waals surface area contributed by atoms with Gasteiger partial charge in [-0.1, -0.05) is 0 Å². The predicted molar refractivity (Wildman–Crippen MR) is 86.7 cm³/mol. The maximum Gasteiger partial charge on any atom is 0.246 e. The van der Waals surface area contributed by atoms with Crippen LogP contribution in [0.2, 0.25) is 0 Å². The molecular weight excluding hydrogens is 296 g/mol. The van der Waals surface area contributed by atoms with Crippen LogP contribution < -0.4 is 10.6 Å². The molecule has 0 aliphatic heterocycles. The lowest BCUT2D eigenvalue weighted by Gasteiger charge is -2.10. The lowest BCUT2D eigenvalue weighted by molar-refractivity contribution is -0.124. The molecule has 0 saturated heterocycles. The van der Waals surface area contributed by atoms with Crippen molar-refractivity contribution in [1.82, 2.24) is 25.1 Å². The highest BCUT2D eigenvalue weighted by Gasteiger charge is 2.08. The minimum Gasteiger partial charge on any atom is -0.375 e. The van der Waals surface area contributed by atoms with E-state index in [2.05, 4.69) is 25.7 Å². The highest BCUT2D eigenvalue weighted by Crippen LogP contribution is 2.13. The fourth-order valence-electron chi connectivity index (χ4n) is 2.19. The van der Waals surface area contributed by atoms with Gasteiger partial charge in [-0.2, -0.15) is 5.10 Å². The van der Waals surface area contributed by atoms with Crippen LogP contribution in [0.1, 0.15) is 17.2 Å². The third kappa shape index (κ3) is 4.75. The number of nitrogens with one attached hydrogen (secondary N) is 2. The van der Waals surface area contributed by atoms with Crippen molar-refractivity contribution in [2.24, 2.45) is 0 Å². The highest BCUT2D eigenvalue weighted by molar-refractivity contribution is 5.77. The molecule has 0 aliphatic rings. The van der Waals surface area contributed by atoms with Crippen molar-refractivity contribution < 1.29 is 9.53 Å². The molecule has 124 valence electrons. The van der Waals surface area contributed by atoms with Crippen molar-refractivity contribution in [3.05, 3.63) is 29.3 Å². The molecule has 1 amide bonds. The quantitative estimate of drug-likeness (QED) is 0.732. The molecular formula is C15H22N6O2. The number of hydrogen-bond donors (Lipinski definition) is 2. The summed E-state index contributed by atoms with van der Waals surface area (Å²) < 4.78 is 6.54. The molecule has 2 aromatic rings. The van der Waals surface area contributed by atoms with Gasteiger partial charge in [0.15, 0.2) is 5.82 Å². The van der Waals surface area contributed by atoms with Gasteiger partial charge in [-0.05, 0) is 26.8 Å². The second-order valence-corrected chi connectivity index (χ2v) is 5.21. The number of anilines is 1. The molecule has 8 heteroatoms. The number of methoxy groups -OCH3 is 1. The summed E-state index contributed by atoms with van der Waals surface area (Å²) in [5.41, 5.74) is 1.95. The summed E-state index contributed by atoms with van der Waals surface area (Å²) in [6, 6.07) is 3.83. The third-order valence-electron chi connectivity index (χ3n) is 3.08. The second kappa shape index (κ2) is 7.68. The Hall–Kier alpha value is -2.48. The monoisotopic (exact) mass is 318 g/mol. The van der Waals surface area contributed by atoms with Crippen molar-refractivity contribution in [3.63, 3.8) is 0 Å². The average molecular weight is 318 g/mol. The molecule has 0 aliphatic carbocycles. The van der Waals surface area contributed by atoms with Crippen LogP contribution in [0, 0.1) is 20.8 Å². The van der Waals surface area contributed by atoms with Gasteiger partial charge in [0.1, 0.15) is 18.2 Å². The van der Waals surface area contributed by atoms with Crippen molar-refractivity contribution in [2.45, 2.75) is 20.8 Å². The summed E-state index contributed by atoms with van der Waals surface area (Å²) in [7, 11) is 1.49. The number of amides is 1. The summed E-state index contributed by atoms with van der Waals surface area (Å²) in [5.74, 6) is 1.92. The summed E-state index contributed by atoms with van der Waals surface area (Å²) in [6.45, 7) is 6.87. The molecule has 0 aromatic carbocycles. The lowest BCUT2D eigenvalue weighted by Crippen LogP contribution is -2.31. The molecule has 0 atom stereocenters. The van der Waals surface area contributed by atoms with Crippen LogP contribution in [0.5, 0.6) is 0 Å². The number of ether oxygens (including phenoxy) is 1. The molecule has 2 aromatic heterocycles. The number of nitrogens with zero attached hydrogens (tertiary/aromatic N) is 4. The van der Waals surface area contributed by atoms with Crippen LogP contribution in [-0.2, 0) is 9.53 Å². The van der Waals surface area contributed by atoms with E-state index >= 15 is 0 Å². The predicted octanol–water partition coefficient (Wildman–Crippen LogP) is 0.762. The standard InChI is InChI=1S/C15H22N6O2/c1-10-7-11(2)21(20-10)14-8-13(18-12(3)19-14)16-5-6-17-15(22)9-23-4/h7-8H,5-6,9H2,1-4H3,(H,17,22)(H,16,18,19). The molecule has 8 nitrogen and oxygen atoms in total. The molecule has 23 heavy (non-hydrogen) atoms. The SMILES string of the molecule is COCC(=O)NCCNc1cc(-n2nc(C)cc2C)nc(C)n1. The maximum absolute atomic E-state index is 11.3. The van der Waals surface area contributed by atoms with Gasteiger partial charge in [-0.3, -0.25) is 4.79 Å². The summed E-state index contributed by atoms with van der Waals surface area (Å²) in [4.78, 5) is 20.1. The van der Waals surface area contributed by atoms with Gasteiger partial charge in [0.05, 0.1) is 5.69 Å². The van der Waals surface area contributed by atoms with E-state index < -0.39 is 0 Å². The van der Waals surface area contributed by atoms with Crippen molar-refractivity contribution in [1.29, 1.82) is 0 Å². The molecule has 2 N–H and O–H groups in total. The average Bonchev–Trinajstić information content (AvgIpc) is 2.82. The van der Waals surface area contributed by atoms with Gasteiger partial charge in [-0.25, -0.2) is 14.6 Å². The zero-order chi connectivity index (χ0) is 16.8. The molecule has 0 saturated carbocycles. The van der Waals surface area contributed by atoms with Crippen LogP contribution in [-0.4, -0.2) is 52.5 Å². The van der Waals surface area contributed by atoms with E-state index in [-0.39, 0.29) is 12.5 Å². The first-order valence-corrected chi connectivity index (χ1v) is 7.38. The highest BCUT2D eigenvalue weighted by atomic mass is 16.5. The summed E-state index contributed by atoms with van der Waals surface area (Å²) in [6.07, 6.45) is 0. The lowest BCUT2D eigenvalue weighted by atomic mass is 10.4. The van der Waals surface area contributed by atoms with E-state index in [1.165, 1.54) is 7.11 Å².